The maximum absolute atomic E-state index is 12.3. The third-order valence-electron chi connectivity index (χ3n) is 7.36. The smallest absolute Gasteiger partial charge is 0.387 e. The molecule has 0 N–H and O–H groups in total. The second kappa shape index (κ2) is 14.4. The van der Waals surface area contributed by atoms with Crippen LogP contribution in [-0.2, 0) is 12.8 Å². The zero-order valence-electron chi connectivity index (χ0n) is 20.4. The van der Waals surface area contributed by atoms with Gasteiger partial charge in [-0.2, -0.15) is 8.78 Å². The zero-order chi connectivity index (χ0) is 23.3. The lowest BCUT2D eigenvalue weighted by molar-refractivity contribution is -0.0498. The molecule has 0 saturated heterocycles. The Balaban J connectivity index is 1.33. The molecule has 3 heteroatoms. The van der Waals surface area contributed by atoms with Crippen LogP contribution in [0.1, 0.15) is 107 Å². The summed E-state index contributed by atoms with van der Waals surface area (Å²) in [6.45, 7) is -0.485. The summed E-state index contributed by atoms with van der Waals surface area (Å²) in [6.07, 6.45) is 18.7. The number of aryl methyl sites for hydroxylation is 2. The van der Waals surface area contributed by atoms with E-state index in [0.717, 1.165) is 30.2 Å². The molecule has 33 heavy (non-hydrogen) atoms. The van der Waals surface area contributed by atoms with Crippen LogP contribution in [-0.4, -0.2) is 6.61 Å². The monoisotopic (exact) mass is 456 g/mol. The molecule has 0 aliphatic heterocycles. The average Bonchev–Trinajstić information content (AvgIpc) is 2.83. The van der Waals surface area contributed by atoms with Gasteiger partial charge < -0.3 is 4.74 Å². The molecule has 1 aliphatic carbocycles. The average molecular weight is 457 g/mol. The highest BCUT2D eigenvalue weighted by atomic mass is 19.3. The van der Waals surface area contributed by atoms with Crippen LogP contribution in [0.2, 0.25) is 0 Å². The highest BCUT2D eigenvalue weighted by molar-refractivity contribution is 5.30. The predicted octanol–water partition coefficient (Wildman–Crippen LogP) is 9.49. The molecule has 1 fully saturated rings. The lowest BCUT2D eigenvalue weighted by Crippen LogP contribution is -2.13. The van der Waals surface area contributed by atoms with Gasteiger partial charge in [-0.15, -0.1) is 0 Å². The number of rotatable bonds is 14. The van der Waals surface area contributed by atoms with E-state index in [-0.39, 0.29) is 5.75 Å². The fourth-order valence-electron chi connectivity index (χ4n) is 5.26. The molecule has 0 spiro atoms. The van der Waals surface area contributed by atoms with Gasteiger partial charge in [0.1, 0.15) is 5.75 Å². The number of hydrogen-bond acceptors (Lipinski definition) is 1. The lowest BCUT2D eigenvalue weighted by atomic mass is 9.77. The van der Waals surface area contributed by atoms with E-state index in [9.17, 15) is 8.78 Å². The molecule has 3 rings (SSSR count). The summed E-state index contributed by atoms with van der Waals surface area (Å²) < 4.78 is 28.9. The van der Waals surface area contributed by atoms with E-state index in [1.54, 1.807) is 12.1 Å². The van der Waals surface area contributed by atoms with Gasteiger partial charge in [0.25, 0.3) is 0 Å². The second-order valence-corrected chi connectivity index (χ2v) is 9.89. The molecule has 0 bridgehead atoms. The second-order valence-electron chi connectivity index (χ2n) is 9.89. The van der Waals surface area contributed by atoms with Crippen molar-refractivity contribution in [1.29, 1.82) is 0 Å². The van der Waals surface area contributed by atoms with Gasteiger partial charge in [-0.05, 0) is 79.2 Å². The van der Waals surface area contributed by atoms with E-state index < -0.39 is 6.61 Å². The summed E-state index contributed by atoms with van der Waals surface area (Å²) in [6, 6.07) is 16.2. The van der Waals surface area contributed by atoms with Crippen molar-refractivity contribution in [2.75, 3.05) is 0 Å². The maximum Gasteiger partial charge on any atom is 0.387 e. The first-order valence-electron chi connectivity index (χ1n) is 13.3. The van der Waals surface area contributed by atoms with Crippen molar-refractivity contribution >= 4 is 0 Å². The van der Waals surface area contributed by atoms with E-state index in [0.29, 0.717) is 0 Å². The molecule has 0 heterocycles. The summed E-state index contributed by atoms with van der Waals surface area (Å²) in [5.74, 6) is 1.90. The number of hydrogen-bond donors (Lipinski definition) is 0. The van der Waals surface area contributed by atoms with Gasteiger partial charge in [0.2, 0.25) is 0 Å². The van der Waals surface area contributed by atoms with Crippen molar-refractivity contribution in [1.82, 2.24) is 0 Å². The third kappa shape index (κ3) is 9.47. The molecule has 2 aromatic carbocycles. The SMILES string of the molecule is CCCCCCCCC[C@H]1CC[C@H](c2ccc(CCc3ccc(OC(F)F)cc3)cc2)CC1. The van der Waals surface area contributed by atoms with Crippen LogP contribution in [0.3, 0.4) is 0 Å². The first-order valence-corrected chi connectivity index (χ1v) is 13.3. The Bertz CT molecular complexity index is 761. The van der Waals surface area contributed by atoms with Gasteiger partial charge in [0, 0.05) is 0 Å². The van der Waals surface area contributed by atoms with Gasteiger partial charge in [0.15, 0.2) is 0 Å². The number of unbranched alkanes of at least 4 members (excludes halogenated alkanes) is 6. The largest absolute Gasteiger partial charge is 0.435 e. The van der Waals surface area contributed by atoms with Crippen LogP contribution in [0.5, 0.6) is 5.75 Å². The van der Waals surface area contributed by atoms with Gasteiger partial charge in [0.05, 0.1) is 0 Å². The molecule has 1 aliphatic rings. The van der Waals surface area contributed by atoms with Crippen LogP contribution >= 0.6 is 0 Å². The van der Waals surface area contributed by atoms with Crippen LogP contribution in [0.25, 0.3) is 0 Å². The third-order valence-corrected chi connectivity index (χ3v) is 7.36. The molecule has 0 aromatic heterocycles. The predicted molar refractivity (Wildman–Crippen MR) is 134 cm³/mol. The highest BCUT2D eigenvalue weighted by Crippen LogP contribution is 2.38. The number of benzene rings is 2. The molecule has 2 aromatic rings. The Morgan fingerprint density at radius 1 is 0.727 bits per heavy atom. The van der Waals surface area contributed by atoms with Crippen molar-refractivity contribution in [3.63, 3.8) is 0 Å². The summed E-state index contributed by atoms with van der Waals surface area (Å²) in [5.41, 5.74) is 3.97. The Labute approximate surface area is 199 Å². The molecular weight excluding hydrogens is 414 g/mol. The van der Waals surface area contributed by atoms with Crippen molar-refractivity contribution in [3.05, 3.63) is 65.2 Å². The van der Waals surface area contributed by atoms with E-state index in [4.69, 9.17) is 0 Å². The van der Waals surface area contributed by atoms with Crippen molar-refractivity contribution in [3.8, 4) is 5.75 Å². The zero-order valence-corrected chi connectivity index (χ0v) is 20.4. The maximum atomic E-state index is 12.3. The Morgan fingerprint density at radius 2 is 1.27 bits per heavy atom. The molecular formula is C30H42F2O. The van der Waals surface area contributed by atoms with Crippen molar-refractivity contribution < 1.29 is 13.5 Å². The summed E-state index contributed by atoms with van der Waals surface area (Å²) in [4.78, 5) is 0. The molecule has 182 valence electrons. The topological polar surface area (TPSA) is 9.23 Å². The van der Waals surface area contributed by atoms with Crippen molar-refractivity contribution in [2.45, 2.75) is 109 Å². The molecule has 0 atom stereocenters. The summed E-state index contributed by atoms with van der Waals surface area (Å²) in [7, 11) is 0. The van der Waals surface area contributed by atoms with E-state index in [1.807, 2.05) is 12.1 Å². The fraction of sp³-hybridized carbons (Fsp3) is 0.600. The molecule has 1 nitrogen and oxygen atoms in total. The first kappa shape index (κ1) is 25.7. The molecule has 1 saturated carbocycles. The van der Waals surface area contributed by atoms with E-state index in [1.165, 1.54) is 88.2 Å². The molecule has 0 radical (unpaired) electrons. The minimum Gasteiger partial charge on any atom is -0.435 e. The molecule has 0 unspecified atom stereocenters. The Hall–Kier alpha value is -1.90. The van der Waals surface area contributed by atoms with Gasteiger partial charge >= 0.3 is 6.61 Å². The summed E-state index contributed by atoms with van der Waals surface area (Å²) >= 11 is 0. The molecule has 0 amide bonds. The summed E-state index contributed by atoms with van der Waals surface area (Å²) in [5, 5.41) is 0. The highest BCUT2D eigenvalue weighted by Gasteiger charge is 2.22. The normalized spacial score (nSPS) is 18.5. The van der Waals surface area contributed by atoms with Gasteiger partial charge in [-0.1, -0.05) is 94.7 Å². The minimum atomic E-state index is -2.77. The van der Waals surface area contributed by atoms with E-state index in [2.05, 4.69) is 35.9 Å². The van der Waals surface area contributed by atoms with Gasteiger partial charge in [-0.25, -0.2) is 0 Å². The van der Waals surface area contributed by atoms with Crippen LogP contribution < -0.4 is 4.74 Å². The van der Waals surface area contributed by atoms with Crippen LogP contribution in [0.15, 0.2) is 48.5 Å². The number of ether oxygens (including phenoxy) is 1. The Kier molecular flexibility index (Phi) is 11.2. The van der Waals surface area contributed by atoms with Crippen LogP contribution in [0.4, 0.5) is 8.78 Å². The van der Waals surface area contributed by atoms with E-state index >= 15 is 0 Å². The van der Waals surface area contributed by atoms with Crippen LogP contribution in [0, 0.1) is 5.92 Å². The van der Waals surface area contributed by atoms with Crippen molar-refractivity contribution in [2.24, 2.45) is 5.92 Å². The number of halogens is 2. The lowest BCUT2D eigenvalue weighted by Gasteiger charge is -2.29. The number of alkyl halides is 2. The minimum absolute atomic E-state index is 0.218. The fourth-order valence-corrected chi connectivity index (χ4v) is 5.26. The standard InChI is InChI=1S/C30H42F2O/c1-2-3-4-5-6-7-8-9-24-12-18-27(19-13-24)28-20-14-25(15-21-28)10-11-26-16-22-29(23-17-26)33-30(31)32/h14-17,20-24,27,30H,2-13,18-19H2,1H3/t24-,27-. The quantitative estimate of drug-likeness (QED) is 0.257. The first-order chi connectivity index (χ1) is 16.1. The Morgan fingerprint density at radius 3 is 1.85 bits per heavy atom. The van der Waals surface area contributed by atoms with Gasteiger partial charge in [-0.3, -0.25) is 0 Å².